The van der Waals surface area contributed by atoms with E-state index in [1.54, 1.807) is 0 Å². The maximum Gasteiger partial charge on any atom is 0.244 e. The molecule has 1 saturated heterocycles. The second-order valence-corrected chi connectivity index (χ2v) is 6.45. The lowest BCUT2D eigenvalue weighted by Gasteiger charge is -2.29. The van der Waals surface area contributed by atoms with Crippen molar-refractivity contribution >= 4 is 34.0 Å². The maximum atomic E-state index is 12.2. The van der Waals surface area contributed by atoms with Gasteiger partial charge in [-0.15, -0.1) is 12.4 Å². The van der Waals surface area contributed by atoms with Crippen LogP contribution in [0.25, 0.3) is 0 Å². The van der Waals surface area contributed by atoms with Crippen molar-refractivity contribution in [3.8, 4) is 0 Å². The molecule has 1 aromatic rings. The van der Waals surface area contributed by atoms with Gasteiger partial charge in [-0.2, -0.15) is 4.31 Å². The topological polar surface area (TPSA) is 76.3 Å². The Morgan fingerprint density at radius 2 is 1.94 bits per heavy atom. The van der Waals surface area contributed by atoms with Crippen LogP contribution in [0.2, 0.25) is 5.02 Å². The van der Waals surface area contributed by atoms with Gasteiger partial charge in [0.1, 0.15) is 4.90 Å². The molecule has 0 radical (unpaired) electrons. The molecule has 0 saturated carbocycles. The van der Waals surface area contributed by atoms with Gasteiger partial charge >= 0.3 is 0 Å². The molecule has 18 heavy (non-hydrogen) atoms. The molecule has 0 aliphatic carbocycles. The molecule has 2 heterocycles. The lowest BCUT2D eigenvalue weighted by Crippen LogP contribution is -2.42. The van der Waals surface area contributed by atoms with Crippen LogP contribution in [0.15, 0.2) is 23.4 Å². The van der Waals surface area contributed by atoms with Crippen molar-refractivity contribution in [3.63, 3.8) is 0 Å². The van der Waals surface area contributed by atoms with Crippen LogP contribution in [0.3, 0.4) is 0 Å². The quantitative estimate of drug-likeness (QED) is 0.892. The highest BCUT2D eigenvalue weighted by molar-refractivity contribution is 7.89. The lowest BCUT2D eigenvalue weighted by molar-refractivity contribution is 0.320. The zero-order valence-corrected chi connectivity index (χ0v) is 12.0. The first-order chi connectivity index (χ1) is 8.00. The standard InChI is InChI=1S/C10H14ClN3O2S.ClH/c11-8-5-10(7-13-6-8)17(15,16)14-3-1-9(12)2-4-14;/h5-7,9H,1-4,12H2;1H. The molecule has 1 aromatic heterocycles. The number of piperidine rings is 1. The van der Waals surface area contributed by atoms with Crippen LogP contribution in [0.5, 0.6) is 0 Å². The van der Waals surface area contributed by atoms with E-state index in [9.17, 15) is 8.42 Å². The van der Waals surface area contributed by atoms with Crippen molar-refractivity contribution in [2.45, 2.75) is 23.8 Å². The summed E-state index contributed by atoms with van der Waals surface area (Å²) >= 11 is 5.75. The van der Waals surface area contributed by atoms with Crippen LogP contribution in [-0.4, -0.2) is 36.8 Å². The Labute approximate surface area is 118 Å². The molecule has 5 nitrogen and oxygen atoms in total. The summed E-state index contributed by atoms with van der Waals surface area (Å²) in [6, 6.07) is 1.51. The smallest absolute Gasteiger partial charge is 0.244 e. The van der Waals surface area contributed by atoms with E-state index >= 15 is 0 Å². The largest absolute Gasteiger partial charge is 0.328 e. The monoisotopic (exact) mass is 311 g/mol. The van der Waals surface area contributed by atoms with E-state index in [2.05, 4.69) is 4.98 Å². The summed E-state index contributed by atoms with van der Waals surface area (Å²) in [5.74, 6) is 0. The van der Waals surface area contributed by atoms with Gasteiger partial charge in [0.05, 0.1) is 5.02 Å². The van der Waals surface area contributed by atoms with E-state index in [4.69, 9.17) is 17.3 Å². The Morgan fingerprint density at radius 3 is 2.50 bits per heavy atom. The highest BCUT2D eigenvalue weighted by Gasteiger charge is 2.28. The van der Waals surface area contributed by atoms with Gasteiger partial charge in [-0.05, 0) is 18.9 Å². The van der Waals surface area contributed by atoms with Crippen molar-refractivity contribution in [2.75, 3.05) is 13.1 Å². The Bertz CT molecular complexity index is 502. The summed E-state index contributed by atoms with van der Waals surface area (Å²) in [6.45, 7) is 0.909. The molecule has 8 heteroatoms. The number of pyridine rings is 1. The van der Waals surface area contributed by atoms with Crippen molar-refractivity contribution < 1.29 is 8.42 Å². The molecule has 1 fully saturated rings. The molecule has 102 valence electrons. The highest BCUT2D eigenvalue weighted by atomic mass is 35.5. The molecular weight excluding hydrogens is 297 g/mol. The summed E-state index contributed by atoms with van der Waals surface area (Å²) < 4.78 is 25.9. The van der Waals surface area contributed by atoms with Gasteiger partial charge in [0, 0.05) is 31.5 Å². The minimum Gasteiger partial charge on any atom is -0.328 e. The van der Waals surface area contributed by atoms with Gasteiger partial charge in [-0.3, -0.25) is 4.98 Å². The zero-order valence-electron chi connectivity index (χ0n) is 9.62. The summed E-state index contributed by atoms with van der Waals surface area (Å²) in [7, 11) is -3.48. The number of nitrogens with two attached hydrogens (primary N) is 1. The van der Waals surface area contributed by atoms with Crippen LogP contribution in [0, 0.1) is 0 Å². The zero-order chi connectivity index (χ0) is 12.5. The fourth-order valence-electron chi connectivity index (χ4n) is 1.80. The molecule has 0 bridgehead atoms. The van der Waals surface area contributed by atoms with Crippen molar-refractivity contribution in [2.24, 2.45) is 5.73 Å². The number of halogens is 2. The fourth-order valence-corrected chi connectivity index (χ4v) is 3.50. The van der Waals surface area contributed by atoms with E-state index in [1.807, 2.05) is 0 Å². The molecule has 1 aliphatic rings. The van der Waals surface area contributed by atoms with Crippen molar-refractivity contribution in [1.82, 2.24) is 9.29 Å². The molecule has 2 N–H and O–H groups in total. The third-order valence-electron chi connectivity index (χ3n) is 2.82. The van der Waals surface area contributed by atoms with Crippen LogP contribution in [0.4, 0.5) is 0 Å². The fraction of sp³-hybridized carbons (Fsp3) is 0.500. The summed E-state index contributed by atoms with van der Waals surface area (Å²) in [5.41, 5.74) is 5.75. The SMILES string of the molecule is Cl.NC1CCN(S(=O)(=O)c2cncc(Cl)c2)CC1. The number of rotatable bonds is 2. The number of hydrogen-bond acceptors (Lipinski definition) is 4. The van der Waals surface area contributed by atoms with Crippen LogP contribution in [0.1, 0.15) is 12.8 Å². The molecule has 1 aliphatic heterocycles. The second-order valence-electron chi connectivity index (χ2n) is 4.08. The average molecular weight is 312 g/mol. The Balaban J connectivity index is 0.00000162. The normalized spacial score (nSPS) is 18.3. The molecule has 0 unspecified atom stereocenters. The predicted molar refractivity (Wildman–Crippen MR) is 72.5 cm³/mol. The van der Waals surface area contributed by atoms with E-state index in [0.29, 0.717) is 31.0 Å². The third-order valence-corrected chi connectivity index (χ3v) is 4.89. The number of sulfonamides is 1. The van der Waals surface area contributed by atoms with Crippen molar-refractivity contribution in [1.29, 1.82) is 0 Å². The van der Waals surface area contributed by atoms with Crippen LogP contribution < -0.4 is 5.73 Å². The van der Waals surface area contributed by atoms with Crippen LogP contribution in [-0.2, 0) is 10.0 Å². The summed E-state index contributed by atoms with van der Waals surface area (Å²) in [5, 5.41) is 0.319. The molecule has 2 rings (SSSR count). The van der Waals surface area contributed by atoms with Crippen LogP contribution >= 0.6 is 24.0 Å². The van der Waals surface area contributed by atoms with E-state index in [-0.39, 0.29) is 23.3 Å². The summed E-state index contributed by atoms with van der Waals surface area (Å²) in [6.07, 6.45) is 4.10. The minimum absolute atomic E-state index is 0. The lowest BCUT2D eigenvalue weighted by atomic mass is 10.1. The number of hydrogen-bond donors (Lipinski definition) is 1. The molecule has 0 aromatic carbocycles. The Hall–Kier alpha value is -0.400. The Morgan fingerprint density at radius 1 is 1.33 bits per heavy atom. The van der Waals surface area contributed by atoms with E-state index < -0.39 is 10.0 Å². The van der Waals surface area contributed by atoms with Gasteiger partial charge in [-0.25, -0.2) is 8.42 Å². The second kappa shape index (κ2) is 6.16. The Kier molecular flexibility index (Phi) is 5.36. The first kappa shape index (κ1) is 15.7. The van der Waals surface area contributed by atoms with E-state index in [1.165, 1.54) is 22.8 Å². The highest BCUT2D eigenvalue weighted by Crippen LogP contribution is 2.21. The van der Waals surface area contributed by atoms with Gasteiger partial charge in [0.25, 0.3) is 0 Å². The molecule has 0 atom stereocenters. The number of nitrogens with zero attached hydrogens (tertiary/aromatic N) is 2. The van der Waals surface area contributed by atoms with Gasteiger partial charge in [0.15, 0.2) is 0 Å². The van der Waals surface area contributed by atoms with Gasteiger partial charge < -0.3 is 5.73 Å². The number of aromatic nitrogens is 1. The third kappa shape index (κ3) is 3.33. The first-order valence-electron chi connectivity index (χ1n) is 5.36. The van der Waals surface area contributed by atoms with Gasteiger partial charge in [0.2, 0.25) is 10.0 Å². The predicted octanol–water partition coefficient (Wildman–Crippen LogP) is 1.27. The maximum absolute atomic E-state index is 12.2. The first-order valence-corrected chi connectivity index (χ1v) is 7.18. The minimum atomic E-state index is -3.48. The molecule has 0 amide bonds. The van der Waals surface area contributed by atoms with Gasteiger partial charge in [-0.1, -0.05) is 11.6 Å². The van der Waals surface area contributed by atoms with Crippen molar-refractivity contribution in [3.05, 3.63) is 23.5 Å². The molecule has 0 spiro atoms. The summed E-state index contributed by atoms with van der Waals surface area (Å²) in [4.78, 5) is 3.94. The molecular formula is C10H15Cl2N3O2S. The van der Waals surface area contributed by atoms with E-state index in [0.717, 1.165) is 0 Å². The average Bonchev–Trinajstić information content (AvgIpc) is 2.29.